The standard InChI is InChI=1S/C13H10N2O2/c16-11(12-6-3-7-17-12)8-13-14-9-4-1-2-5-10(9)15-13/h1-7H,8H2,(H,14,15). The van der Waals surface area contributed by atoms with Gasteiger partial charge >= 0.3 is 0 Å². The van der Waals surface area contributed by atoms with Gasteiger partial charge in [0, 0.05) is 0 Å². The van der Waals surface area contributed by atoms with Crippen LogP contribution in [0.4, 0.5) is 0 Å². The van der Waals surface area contributed by atoms with Gasteiger partial charge < -0.3 is 9.40 Å². The minimum absolute atomic E-state index is 0.0749. The summed E-state index contributed by atoms with van der Waals surface area (Å²) in [4.78, 5) is 19.3. The summed E-state index contributed by atoms with van der Waals surface area (Å²) in [7, 11) is 0. The van der Waals surface area contributed by atoms with Gasteiger partial charge in [-0.05, 0) is 24.3 Å². The zero-order valence-electron chi connectivity index (χ0n) is 9.01. The Morgan fingerprint density at radius 2 is 2.12 bits per heavy atom. The lowest BCUT2D eigenvalue weighted by Crippen LogP contribution is -2.03. The fraction of sp³-hybridized carbons (Fsp3) is 0.0769. The van der Waals surface area contributed by atoms with E-state index in [2.05, 4.69) is 9.97 Å². The van der Waals surface area contributed by atoms with E-state index in [9.17, 15) is 4.79 Å². The molecule has 0 saturated heterocycles. The number of H-pyrrole nitrogens is 1. The van der Waals surface area contributed by atoms with Gasteiger partial charge in [-0.2, -0.15) is 0 Å². The molecule has 0 amide bonds. The monoisotopic (exact) mass is 226 g/mol. The highest BCUT2D eigenvalue weighted by molar-refractivity contribution is 5.94. The van der Waals surface area contributed by atoms with Crippen LogP contribution in [0.25, 0.3) is 11.0 Å². The van der Waals surface area contributed by atoms with Crippen LogP contribution in [0.3, 0.4) is 0 Å². The summed E-state index contributed by atoms with van der Waals surface area (Å²) in [5.74, 6) is 0.951. The number of carbonyl (C=O) groups excluding carboxylic acids is 1. The van der Waals surface area contributed by atoms with Crippen molar-refractivity contribution in [2.24, 2.45) is 0 Å². The van der Waals surface area contributed by atoms with E-state index in [-0.39, 0.29) is 12.2 Å². The third kappa shape index (κ3) is 1.85. The molecule has 0 fully saturated rings. The van der Waals surface area contributed by atoms with Gasteiger partial charge in [-0.1, -0.05) is 12.1 Å². The van der Waals surface area contributed by atoms with Crippen molar-refractivity contribution >= 4 is 16.8 Å². The van der Waals surface area contributed by atoms with Crippen molar-refractivity contribution in [3.8, 4) is 0 Å². The molecule has 2 aromatic heterocycles. The first-order valence-corrected chi connectivity index (χ1v) is 5.33. The number of Topliss-reactive ketones (excluding diaryl/α,β-unsaturated/α-hetero) is 1. The van der Waals surface area contributed by atoms with E-state index >= 15 is 0 Å². The maximum Gasteiger partial charge on any atom is 0.205 e. The normalized spacial score (nSPS) is 10.8. The molecule has 0 aliphatic rings. The predicted octanol–water partition coefficient (Wildman–Crippen LogP) is 2.58. The average molecular weight is 226 g/mol. The number of ketones is 1. The van der Waals surface area contributed by atoms with E-state index in [4.69, 9.17) is 4.42 Å². The fourth-order valence-electron chi connectivity index (χ4n) is 1.77. The van der Waals surface area contributed by atoms with Gasteiger partial charge in [0.2, 0.25) is 5.78 Å². The van der Waals surface area contributed by atoms with Crippen LogP contribution in [0, 0.1) is 0 Å². The Bertz CT molecular complexity index is 620. The van der Waals surface area contributed by atoms with Crippen LogP contribution in [0.15, 0.2) is 47.1 Å². The maximum atomic E-state index is 11.8. The van der Waals surface area contributed by atoms with Gasteiger partial charge in [0.25, 0.3) is 0 Å². The van der Waals surface area contributed by atoms with Crippen molar-refractivity contribution in [3.63, 3.8) is 0 Å². The molecule has 17 heavy (non-hydrogen) atoms. The van der Waals surface area contributed by atoms with Gasteiger partial charge in [-0.25, -0.2) is 4.98 Å². The van der Waals surface area contributed by atoms with E-state index in [1.165, 1.54) is 6.26 Å². The number of para-hydroxylation sites is 2. The van der Waals surface area contributed by atoms with E-state index in [1.54, 1.807) is 12.1 Å². The summed E-state index contributed by atoms with van der Waals surface area (Å²) < 4.78 is 5.05. The van der Waals surface area contributed by atoms with Crippen LogP contribution in [-0.2, 0) is 6.42 Å². The first-order chi connectivity index (χ1) is 8.33. The molecule has 0 atom stereocenters. The third-order valence-electron chi connectivity index (χ3n) is 2.56. The molecule has 1 N–H and O–H groups in total. The summed E-state index contributed by atoms with van der Waals surface area (Å²) in [5.41, 5.74) is 1.81. The van der Waals surface area contributed by atoms with E-state index in [0.29, 0.717) is 11.6 Å². The largest absolute Gasteiger partial charge is 0.461 e. The second-order valence-electron chi connectivity index (χ2n) is 3.78. The molecule has 0 bridgehead atoms. The maximum absolute atomic E-state index is 11.8. The van der Waals surface area contributed by atoms with Gasteiger partial charge in [-0.3, -0.25) is 4.79 Å². The van der Waals surface area contributed by atoms with Crippen molar-refractivity contribution < 1.29 is 9.21 Å². The Labute approximate surface area is 97.3 Å². The van der Waals surface area contributed by atoms with Gasteiger partial charge in [0.15, 0.2) is 5.76 Å². The Morgan fingerprint density at radius 3 is 2.88 bits per heavy atom. The van der Waals surface area contributed by atoms with Crippen molar-refractivity contribution in [2.45, 2.75) is 6.42 Å². The SMILES string of the molecule is O=C(Cc1nc2ccccc2[nH]1)c1ccco1. The molecular weight excluding hydrogens is 216 g/mol. The highest BCUT2D eigenvalue weighted by Crippen LogP contribution is 2.12. The topological polar surface area (TPSA) is 58.9 Å². The number of nitrogens with zero attached hydrogens (tertiary/aromatic N) is 1. The smallest absolute Gasteiger partial charge is 0.205 e. The molecule has 2 heterocycles. The second-order valence-corrected chi connectivity index (χ2v) is 3.78. The summed E-state index contributed by atoms with van der Waals surface area (Å²) >= 11 is 0. The predicted molar refractivity (Wildman–Crippen MR) is 62.8 cm³/mol. The second kappa shape index (κ2) is 3.90. The van der Waals surface area contributed by atoms with Gasteiger partial charge in [0.1, 0.15) is 5.82 Å². The molecule has 0 aliphatic heterocycles. The Kier molecular flexibility index (Phi) is 2.26. The molecule has 3 aromatic rings. The number of benzene rings is 1. The number of hydrogen-bond donors (Lipinski definition) is 1. The lowest BCUT2D eigenvalue weighted by Gasteiger charge is -1.92. The van der Waals surface area contributed by atoms with Gasteiger partial charge in [-0.15, -0.1) is 0 Å². The first-order valence-electron chi connectivity index (χ1n) is 5.33. The zero-order chi connectivity index (χ0) is 11.7. The molecule has 84 valence electrons. The molecule has 0 saturated carbocycles. The minimum atomic E-state index is -0.0749. The fourth-order valence-corrected chi connectivity index (χ4v) is 1.77. The van der Waals surface area contributed by atoms with Gasteiger partial charge in [0.05, 0.1) is 23.7 Å². The number of imidazole rings is 1. The molecular formula is C13H10N2O2. The molecule has 0 aliphatic carbocycles. The Morgan fingerprint density at radius 1 is 1.24 bits per heavy atom. The summed E-state index contributed by atoms with van der Waals surface area (Å²) in [6, 6.07) is 11.0. The van der Waals surface area contributed by atoms with Crippen LogP contribution in [-0.4, -0.2) is 15.8 Å². The third-order valence-corrected chi connectivity index (χ3v) is 2.56. The summed E-state index contributed by atoms with van der Waals surface area (Å²) in [6.07, 6.45) is 1.72. The molecule has 0 unspecified atom stereocenters. The zero-order valence-corrected chi connectivity index (χ0v) is 9.01. The quantitative estimate of drug-likeness (QED) is 0.698. The molecule has 3 rings (SSSR count). The van der Waals surface area contributed by atoms with E-state index in [1.807, 2.05) is 24.3 Å². The lowest BCUT2D eigenvalue weighted by molar-refractivity contribution is 0.0964. The van der Waals surface area contributed by atoms with Crippen molar-refractivity contribution in [2.75, 3.05) is 0 Å². The van der Waals surface area contributed by atoms with Crippen LogP contribution in [0.5, 0.6) is 0 Å². The minimum Gasteiger partial charge on any atom is -0.461 e. The molecule has 4 nitrogen and oxygen atoms in total. The Balaban J connectivity index is 1.88. The van der Waals surface area contributed by atoms with E-state index in [0.717, 1.165) is 11.0 Å². The van der Waals surface area contributed by atoms with Crippen molar-refractivity contribution in [1.82, 2.24) is 9.97 Å². The number of carbonyl (C=O) groups is 1. The molecule has 4 heteroatoms. The van der Waals surface area contributed by atoms with Crippen LogP contribution in [0.2, 0.25) is 0 Å². The number of hydrogen-bond acceptors (Lipinski definition) is 3. The summed E-state index contributed by atoms with van der Waals surface area (Å²) in [5, 5.41) is 0. The number of aromatic amines is 1. The number of furan rings is 1. The van der Waals surface area contributed by atoms with Crippen LogP contribution < -0.4 is 0 Å². The highest BCUT2D eigenvalue weighted by atomic mass is 16.3. The van der Waals surface area contributed by atoms with Crippen molar-refractivity contribution in [3.05, 3.63) is 54.2 Å². The number of aromatic nitrogens is 2. The lowest BCUT2D eigenvalue weighted by atomic mass is 10.2. The first kappa shape index (κ1) is 9.84. The molecule has 0 spiro atoms. The van der Waals surface area contributed by atoms with Crippen LogP contribution in [0.1, 0.15) is 16.4 Å². The number of nitrogens with one attached hydrogen (secondary N) is 1. The Hall–Kier alpha value is -2.36. The summed E-state index contributed by atoms with van der Waals surface area (Å²) in [6.45, 7) is 0. The van der Waals surface area contributed by atoms with Crippen LogP contribution >= 0.6 is 0 Å². The van der Waals surface area contributed by atoms with Crippen molar-refractivity contribution in [1.29, 1.82) is 0 Å². The number of rotatable bonds is 3. The number of fused-ring (bicyclic) bond motifs is 1. The molecule has 0 radical (unpaired) electrons. The molecule has 1 aromatic carbocycles. The van der Waals surface area contributed by atoms with E-state index < -0.39 is 0 Å². The highest BCUT2D eigenvalue weighted by Gasteiger charge is 2.12. The average Bonchev–Trinajstić information content (AvgIpc) is 2.97.